The van der Waals surface area contributed by atoms with Crippen molar-refractivity contribution in [3.8, 4) is 11.1 Å². The Hall–Kier alpha value is -2.90. The van der Waals surface area contributed by atoms with Crippen molar-refractivity contribution in [1.82, 2.24) is 14.8 Å². The van der Waals surface area contributed by atoms with Crippen molar-refractivity contribution in [2.45, 2.75) is 24.6 Å². The SMILES string of the molecule is CN1C(=O)C2C(C1=O)C1C[C@H](O)CN1C2/C=C/c1ccc(-c2cccc(F)c2)cn1. The van der Waals surface area contributed by atoms with Crippen LogP contribution in [0.2, 0.25) is 0 Å². The molecule has 3 saturated heterocycles. The molecule has 3 aliphatic rings. The fraction of sp³-hybridized carbons (Fsp3) is 0.348. The van der Waals surface area contributed by atoms with Crippen LogP contribution in [0.1, 0.15) is 12.1 Å². The highest BCUT2D eigenvalue weighted by Crippen LogP contribution is 2.46. The topological polar surface area (TPSA) is 73.7 Å². The summed E-state index contributed by atoms with van der Waals surface area (Å²) >= 11 is 0. The normalized spacial score (nSPS) is 31.0. The van der Waals surface area contributed by atoms with Gasteiger partial charge in [0.2, 0.25) is 11.8 Å². The number of aliphatic hydroxyl groups excluding tert-OH is 1. The first kappa shape index (κ1) is 19.1. The standard InChI is InChI=1S/C23H22FN3O3/c1-26-22(29)20-18(27-12-17(28)10-19(27)21(20)23(26)30)8-7-16-6-5-14(11-25-16)13-3-2-4-15(24)9-13/h2-9,11,17-21,28H,10,12H2,1H3/b8-7+/t17-,18?,19?,20?,21?/m0/s1. The quantitative estimate of drug-likeness (QED) is 0.788. The number of hydrogen-bond acceptors (Lipinski definition) is 5. The summed E-state index contributed by atoms with van der Waals surface area (Å²) in [6.45, 7) is 0.461. The predicted molar refractivity (Wildman–Crippen MR) is 108 cm³/mol. The number of pyridine rings is 1. The van der Waals surface area contributed by atoms with Gasteiger partial charge >= 0.3 is 0 Å². The van der Waals surface area contributed by atoms with Crippen LogP contribution in [-0.4, -0.2) is 63.5 Å². The molecule has 7 heteroatoms. The summed E-state index contributed by atoms with van der Waals surface area (Å²) < 4.78 is 13.4. The largest absolute Gasteiger partial charge is 0.392 e. The maximum atomic E-state index is 13.4. The number of aromatic nitrogens is 1. The van der Waals surface area contributed by atoms with Crippen molar-refractivity contribution in [3.63, 3.8) is 0 Å². The van der Waals surface area contributed by atoms with Gasteiger partial charge < -0.3 is 5.11 Å². The van der Waals surface area contributed by atoms with Crippen LogP contribution in [0.15, 0.2) is 48.7 Å². The van der Waals surface area contributed by atoms with Gasteiger partial charge in [0, 0.05) is 37.4 Å². The van der Waals surface area contributed by atoms with Crippen LogP contribution in [0.4, 0.5) is 4.39 Å². The van der Waals surface area contributed by atoms with E-state index in [2.05, 4.69) is 9.88 Å². The molecule has 4 unspecified atom stereocenters. The summed E-state index contributed by atoms with van der Waals surface area (Å²) in [5, 5.41) is 10.1. The summed E-state index contributed by atoms with van der Waals surface area (Å²) in [5.41, 5.74) is 2.28. The number of benzene rings is 1. The Kier molecular flexibility index (Phi) is 4.52. The second-order valence-corrected chi connectivity index (χ2v) is 8.27. The molecular formula is C23H22FN3O3. The van der Waals surface area contributed by atoms with E-state index >= 15 is 0 Å². The zero-order chi connectivity index (χ0) is 21.0. The minimum absolute atomic E-state index is 0.107. The maximum Gasteiger partial charge on any atom is 0.234 e. The van der Waals surface area contributed by atoms with Crippen LogP contribution >= 0.6 is 0 Å². The lowest BCUT2D eigenvalue weighted by molar-refractivity contribution is -0.139. The molecule has 3 aliphatic heterocycles. The van der Waals surface area contributed by atoms with E-state index in [1.807, 2.05) is 30.4 Å². The van der Waals surface area contributed by atoms with Gasteiger partial charge in [-0.3, -0.25) is 24.4 Å². The molecule has 1 aromatic carbocycles. The number of hydrogen-bond donors (Lipinski definition) is 1. The van der Waals surface area contributed by atoms with E-state index in [-0.39, 0.29) is 29.7 Å². The van der Waals surface area contributed by atoms with Gasteiger partial charge in [0.1, 0.15) is 5.82 Å². The maximum absolute atomic E-state index is 13.4. The molecule has 5 atom stereocenters. The number of amides is 2. The van der Waals surface area contributed by atoms with Crippen molar-refractivity contribution in [2.75, 3.05) is 13.6 Å². The van der Waals surface area contributed by atoms with Crippen molar-refractivity contribution >= 4 is 17.9 Å². The zero-order valence-electron chi connectivity index (χ0n) is 16.5. The van der Waals surface area contributed by atoms with Gasteiger partial charge in [-0.05, 0) is 36.3 Å². The van der Waals surface area contributed by atoms with Crippen LogP contribution < -0.4 is 0 Å². The average molecular weight is 407 g/mol. The molecule has 4 heterocycles. The van der Waals surface area contributed by atoms with E-state index in [9.17, 15) is 19.1 Å². The summed E-state index contributed by atoms with van der Waals surface area (Å²) in [6, 6.07) is 9.71. The first-order valence-electron chi connectivity index (χ1n) is 10.1. The van der Waals surface area contributed by atoms with Crippen molar-refractivity contribution < 1.29 is 19.1 Å². The Morgan fingerprint density at radius 2 is 1.93 bits per heavy atom. The lowest BCUT2D eigenvalue weighted by atomic mass is 9.87. The highest BCUT2D eigenvalue weighted by atomic mass is 19.1. The minimum Gasteiger partial charge on any atom is -0.392 e. The van der Waals surface area contributed by atoms with Gasteiger partial charge in [0.05, 0.1) is 23.6 Å². The fourth-order valence-corrected chi connectivity index (χ4v) is 5.17. The van der Waals surface area contributed by atoms with Crippen molar-refractivity contribution in [3.05, 3.63) is 60.2 Å². The molecular weight excluding hydrogens is 385 g/mol. The van der Waals surface area contributed by atoms with Gasteiger partial charge in [0.15, 0.2) is 0 Å². The number of rotatable bonds is 3. The van der Waals surface area contributed by atoms with Gasteiger partial charge in [-0.2, -0.15) is 0 Å². The molecule has 0 saturated carbocycles. The monoisotopic (exact) mass is 407 g/mol. The van der Waals surface area contributed by atoms with Crippen molar-refractivity contribution in [2.24, 2.45) is 11.8 Å². The number of likely N-dealkylation sites (tertiary alicyclic amines) is 1. The molecule has 6 nitrogen and oxygen atoms in total. The Morgan fingerprint density at radius 1 is 1.13 bits per heavy atom. The van der Waals surface area contributed by atoms with E-state index in [1.54, 1.807) is 12.3 Å². The van der Waals surface area contributed by atoms with Crippen LogP contribution in [0, 0.1) is 17.7 Å². The van der Waals surface area contributed by atoms with E-state index in [0.29, 0.717) is 18.7 Å². The van der Waals surface area contributed by atoms with Gasteiger partial charge in [-0.15, -0.1) is 0 Å². The molecule has 2 aromatic rings. The van der Waals surface area contributed by atoms with Crippen LogP contribution in [0.5, 0.6) is 0 Å². The molecule has 3 fully saturated rings. The van der Waals surface area contributed by atoms with Crippen LogP contribution in [-0.2, 0) is 9.59 Å². The van der Waals surface area contributed by atoms with E-state index < -0.39 is 17.9 Å². The number of carbonyl (C=O) groups is 2. The number of imide groups is 1. The third kappa shape index (κ3) is 2.97. The Labute approximate surface area is 173 Å². The third-order valence-corrected chi connectivity index (χ3v) is 6.55. The summed E-state index contributed by atoms with van der Waals surface area (Å²) in [5.74, 6) is -1.41. The number of halogens is 1. The second-order valence-electron chi connectivity index (χ2n) is 8.27. The van der Waals surface area contributed by atoms with Crippen molar-refractivity contribution in [1.29, 1.82) is 0 Å². The smallest absolute Gasteiger partial charge is 0.234 e. The molecule has 1 aromatic heterocycles. The van der Waals surface area contributed by atoms with Gasteiger partial charge in [-0.1, -0.05) is 24.3 Å². The number of aliphatic hydroxyl groups is 1. The summed E-state index contributed by atoms with van der Waals surface area (Å²) in [6.07, 6.45) is 5.49. The number of nitrogens with zero attached hydrogens (tertiary/aromatic N) is 3. The third-order valence-electron chi connectivity index (χ3n) is 6.55. The van der Waals surface area contributed by atoms with E-state index in [0.717, 1.165) is 11.1 Å². The summed E-state index contributed by atoms with van der Waals surface area (Å²) in [7, 11) is 1.53. The zero-order valence-corrected chi connectivity index (χ0v) is 16.5. The van der Waals surface area contributed by atoms with Crippen LogP contribution in [0.3, 0.4) is 0 Å². The van der Waals surface area contributed by atoms with E-state index in [4.69, 9.17) is 0 Å². The Bertz CT molecular complexity index is 1040. The molecule has 154 valence electrons. The molecule has 0 radical (unpaired) electrons. The Balaban J connectivity index is 1.40. The summed E-state index contributed by atoms with van der Waals surface area (Å²) in [4.78, 5) is 33.0. The lowest BCUT2D eigenvalue weighted by Gasteiger charge is -2.25. The number of fused-ring (bicyclic) bond motifs is 3. The van der Waals surface area contributed by atoms with Gasteiger partial charge in [0.25, 0.3) is 0 Å². The predicted octanol–water partition coefficient (Wildman–Crippen LogP) is 1.95. The van der Waals surface area contributed by atoms with E-state index in [1.165, 1.54) is 24.1 Å². The first-order chi connectivity index (χ1) is 14.4. The molecule has 5 rings (SSSR count). The molecule has 1 N–H and O–H groups in total. The Morgan fingerprint density at radius 3 is 2.67 bits per heavy atom. The average Bonchev–Trinajstić information content (AvgIpc) is 3.32. The second kappa shape index (κ2) is 7.11. The first-order valence-corrected chi connectivity index (χ1v) is 10.1. The fourth-order valence-electron chi connectivity index (χ4n) is 5.17. The molecule has 0 spiro atoms. The molecule has 2 amide bonds. The molecule has 30 heavy (non-hydrogen) atoms. The highest BCUT2D eigenvalue weighted by molar-refractivity contribution is 6.06. The lowest BCUT2D eigenvalue weighted by Crippen LogP contribution is -2.40. The molecule has 0 bridgehead atoms. The number of carbonyl (C=O) groups excluding carboxylic acids is 2. The molecule has 0 aliphatic carbocycles. The highest BCUT2D eigenvalue weighted by Gasteiger charge is 2.62. The van der Waals surface area contributed by atoms with Gasteiger partial charge in [-0.25, -0.2) is 4.39 Å². The van der Waals surface area contributed by atoms with Crippen LogP contribution in [0.25, 0.3) is 17.2 Å². The minimum atomic E-state index is -0.482.